The van der Waals surface area contributed by atoms with E-state index in [1.807, 2.05) is 6.92 Å². The van der Waals surface area contributed by atoms with Gasteiger partial charge in [-0.25, -0.2) is 5.06 Å². The molecule has 3 heteroatoms. The molecule has 0 N–H and O–H groups in total. The number of hydrogen-bond acceptors (Lipinski definition) is 2. The number of carbonyl (C=O) groups is 1. The second kappa shape index (κ2) is 3.44. The summed E-state index contributed by atoms with van der Waals surface area (Å²) in [7, 11) is 3.20. The maximum Gasteiger partial charge on any atom is 0.251 e. The molecule has 1 aliphatic carbocycles. The van der Waals surface area contributed by atoms with Gasteiger partial charge in [-0.2, -0.15) is 0 Å². The minimum atomic E-state index is -0.162. The molecular formula is C9H17NO2. The average molecular weight is 171 g/mol. The van der Waals surface area contributed by atoms with Crippen LogP contribution in [0.5, 0.6) is 0 Å². The van der Waals surface area contributed by atoms with Crippen molar-refractivity contribution in [1.29, 1.82) is 0 Å². The van der Waals surface area contributed by atoms with Crippen molar-refractivity contribution in [1.82, 2.24) is 5.06 Å². The predicted molar refractivity (Wildman–Crippen MR) is 46.4 cm³/mol. The molecule has 0 atom stereocenters. The van der Waals surface area contributed by atoms with Crippen molar-refractivity contribution in [2.75, 3.05) is 14.2 Å². The van der Waals surface area contributed by atoms with E-state index in [0.29, 0.717) is 0 Å². The molecule has 1 saturated carbocycles. The van der Waals surface area contributed by atoms with Crippen LogP contribution in [0, 0.1) is 5.41 Å². The van der Waals surface area contributed by atoms with Gasteiger partial charge in [0.1, 0.15) is 0 Å². The summed E-state index contributed by atoms with van der Waals surface area (Å²) in [6, 6.07) is 0. The van der Waals surface area contributed by atoms with Crippen molar-refractivity contribution < 1.29 is 9.63 Å². The van der Waals surface area contributed by atoms with Gasteiger partial charge in [0.05, 0.1) is 7.11 Å². The van der Waals surface area contributed by atoms with Crippen LogP contribution in [-0.2, 0) is 9.63 Å². The highest BCUT2D eigenvalue weighted by atomic mass is 16.7. The summed E-state index contributed by atoms with van der Waals surface area (Å²) >= 11 is 0. The summed E-state index contributed by atoms with van der Waals surface area (Å²) in [6.07, 6.45) is 4.33. The average Bonchev–Trinajstić information content (AvgIpc) is 2.50. The van der Waals surface area contributed by atoms with E-state index < -0.39 is 0 Å². The first-order valence-corrected chi connectivity index (χ1v) is 4.42. The van der Waals surface area contributed by atoms with Crippen molar-refractivity contribution in [3.05, 3.63) is 0 Å². The van der Waals surface area contributed by atoms with Crippen LogP contribution in [0.2, 0.25) is 0 Å². The number of rotatable bonds is 2. The molecule has 0 unspecified atom stereocenters. The van der Waals surface area contributed by atoms with Crippen molar-refractivity contribution in [3.63, 3.8) is 0 Å². The molecule has 0 aromatic rings. The van der Waals surface area contributed by atoms with Crippen LogP contribution in [0.25, 0.3) is 0 Å². The smallest absolute Gasteiger partial charge is 0.251 e. The normalized spacial score (nSPS) is 20.9. The summed E-state index contributed by atoms with van der Waals surface area (Å²) in [5.74, 6) is 0.113. The number of amides is 1. The summed E-state index contributed by atoms with van der Waals surface area (Å²) < 4.78 is 0. The molecule has 1 fully saturated rings. The van der Waals surface area contributed by atoms with Crippen LogP contribution in [0.15, 0.2) is 0 Å². The molecule has 1 aliphatic rings. The fourth-order valence-corrected chi connectivity index (χ4v) is 1.83. The van der Waals surface area contributed by atoms with E-state index in [1.54, 1.807) is 7.05 Å². The molecular weight excluding hydrogens is 154 g/mol. The molecule has 12 heavy (non-hydrogen) atoms. The first kappa shape index (κ1) is 9.52. The van der Waals surface area contributed by atoms with E-state index in [2.05, 4.69) is 0 Å². The molecule has 0 aromatic heterocycles. The van der Waals surface area contributed by atoms with Gasteiger partial charge in [0.25, 0.3) is 5.91 Å². The quantitative estimate of drug-likeness (QED) is 0.590. The van der Waals surface area contributed by atoms with E-state index in [1.165, 1.54) is 25.0 Å². The van der Waals surface area contributed by atoms with Crippen LogP contribution in [0.3, 0.4) is 0 Å². The van der Waals surface area contributed by atoms with Gasteiger partial charge in [-0.3, -0.25) is 9.63 Å². The first-order chi connectivity index (χ1) is 5.60. The summed E-state index contributed by atoms with van der Waals surface area (Å²) in [5.41, 5.74) is -0.162. The third-order valence-corrected chi connectivity index (χ3v) is 2.78. The third kappa shape index (κ3) is 1.61. The molecule has 0 heterocycles. The molecule has 1 amide bonds. The summed E-state index contributed by atoms with van der Waals surface area (Å²) in [5, 5.41) is 1.34. The van der Waals surface area contributed by atoms with Crippen LogP contribution < -0.4 is 0 Å². The van der Waals surface area contributed by atoms with Crippen LogP contribution in [-0.4, -0.2) is 25.1 Å². The predicted octanol–water partition coefficient (Wildman–Crippen LogP) is 1.59. The van der Waals surface area contributed by atoms with Crippen LogP contribution >= 0.6 is 0 Å². The van der Waals surface area contributed by atoms with Crippen LogP contribution in [0.4, 0.5) is 0 Å². The molecule has 70 valence electrons. The summed E-state index contributed by atoms with van der Waals surface area (Å²) in [4.78, 5) is 16.6. The number of hydrogen-bond donors (Lipinski definition) is 0. The molecule has 0 radical (unpaired) electrons. The van der Waals surface area contributed by atoms with E-state index >= 15 is 0 Å². The van der Waals surface area contributed by atoms with E-state index in [4.69, 9.17) is 4.84 Å². The highest BCUT2D eigenvalue weighted by Crippen LogP contribution is 2.38. The second-order valence-corrected chi connectivity index (χ2v) is 3.75. The van der Waals surface area contributed by atoms with E-state index in [9.17, 15) is 4.79 Å². The molecule has 0 bridgehead atoms. The Labute approximate surface area is 73.6 Å². The molecule has 0 aromatic carbocycles. The van der Waals surface area contributed by atoms with Crippen molar-refractivity contribution in [3.8, 4) is 0 Å². The zero-order valence-electron chi connectivity index (χ0n) is 8.09. The van der Waals surface area contributed by atoms with Gasteiger partial charge in [0.15, 0.2) is 0 Å². The largest absolute Gasteiger partial charge is 0.275 e. The number of nitrogens with zero attached hydrogens (tertiary/aromatic N) is 1. The minimum Gasteiger partial charge on any atom is -0.275 e. The lowest BCUT2D eigenvalue weighted by molar-refractivity contribution is -0.179. The van der Waals surface area contributed by atoms with Gasteiger partial charge in [-0.05, 0) is 12.8 Å². The molecule has 3 nitrogen and oxygen atoms in total. The van der Waals surface area contributed by atoms with Crippen molar-refractivity contribution in [2.45, 2.75) is 32.6 Å². The zero-order chi connectivity index (χ0) is 9.19. The highest BCUT2D eigenvalue weighted by Gasteiger charge is 2.38. The minimum absolute atomic E-state index is 0.113. The topological polar surface area (TPSA) is 29.5 Å². The second-order valence-electron chi connectivity index (χ2n) is 3.75. The Balaban J connectivity index is 2.61. The maximum atomic E-state index is 11.7. The van der Waals surface area contributed by atoms with Gasteiger partial charge in [0.2, 0.25) is 0 Å². The van der Waals surface area contributed by atoms with Crippen LogP contribution in [0.1, 0.15) is 32.6 Å². The summed E-state index contributed by atoms with van der Waals surface area (Å²) in [6.45, 7) is 2.03. The standard InChI is InChI=1S/C9H17NO2/c1-9(6-4-5-7-9)8(11)10(2)12-3/h4-7H2,1-3H3. The molecule has 1 rings (SSSR count). The fourth-order valence-electron chi connectivity index (χ4n) is 1.83. The zero-order valence-corrected chi connectivity index (χ0v) is 8.09. The Kier molecular flexibility index (Phi) is 2.73. The SMILES string of the molecule is CON(C)C(=O)C1(C)CCCC1. The lowest BCUT2D eigenvalue weighted by Crippen LogP contribution is -2.37. The molecule has 0 aliphatic heterocycles. The van der Waals surface area contributed by atoms with Gasteiger partial charge in [0, 0.05) is 12.5 Å². The number of carbonyl (C=O) groups excluding carboxylic acids is 1. The fraction of sp³-hybridized carbons (Fsp3) is 0.889. The van der Waals surface area contributed by atoms with Gasteiger partial charge >= 0.3 is 0 Å². The maximum absolute atomic E-state index is 11.7. The van der Waals surface area contributed by atoms with Gasteiger partial charge in [-0.15, -0.1) is 0 Å². The Bertz CT molecular complexity index is 173. The van der Waals surface area contributed by atoms with Gasteiger partial charge in [-0.1, -0.05) is 19.8 Å². The lowest BCUT2D eigenvalue weighted by atomic mass is 9.88. The third-order valence-electron chi connectivity index (χ3n) is 2.78. The Hall–Kier alpha value is -0.570. The highest BCUT2D eigenvalue weighted by molar-refractivity contribution is 5.81. The first-order valence-electron chi connectivity index (χ1n) is 4.42. The van der Waals surface area contributed by atoms with E-state index in [0.717, 1.165) is 12.8 Å². The molecule has 0 spiro atoms. The van der Waals surface area contributed by atoms with Gasteiger partial charge < -0.3 is 0 Å². The number of hydroxylamine groups is 2. The Morgan fingerprint density at radius 2 is 1.92 bits per heavy atom. The Morgan fingerprint density at radius 3 is 2.33 bits per heavy atom. The van der Waals surface area contributed by atoms with E-state index in [-0.39, 0.29) is 11.3 Å². The monoisotopic (exact) mass is 171 g/mol. The van der Waals surface area contributed by atoms with Crippen molar-refractivity contribution >= 4 is 5.91 Å². The van der Waals surface area contributed by atoms with Crippen molar-refractivity contribution in [2.24, 2.45) is 5.41 Å². The Morgan fingerprint density at radius 1 is 1.42 bits per heavy atom. The molecule has 0 saturated heterocycles. The lowest BCUT2D eigenvalue weighted by Gasteiger charge is -2.26.